The highest BCUT2D eigenvalue weighted by atomic mass is 16.2. The maximum atomic E-state index is 12.6. The van der Waals surface area contributed by atoms with Crippen LogP contribution in [0.3, 0.4) is 0 Å². The molecule has 1 N–H and O–H groups in total. The van der Waals surface area contributed by atoms with E-state index in [1.807, 2.05) is 32.2 Å². The fourth-order valence-electron chi connectivity index (χ4n) is 2.99. The Balaban J connectivity index is 1.70. The first-order chi connectivity index (χ1) is 11.6. The lowest BCUT2D eigenvalue weighted by Crippen LogP contribution is -2.48. The summed E-state index contributed by atoms with van der Waals surface area (Å²) >= 11 is 0. The topological polar surface area (TPSA) is 88.9 Å². The summed E-state index contributed by atoms with van der Waals surface area (Å²) in [6, 6.07) is 7.62. The average Bonchev–Trinajstić information content (AvgIpc) is 3.10. The molecular weight excluding hydrogens is 304 g/mol. The second-order valence-corrected chi connectivity index (χ2v) is 6.10. The molecule has 7 heteroatoms. The highest BCUT2D eigenvalue weighted by molar-refractivity contribution is 5.94. The molecule has 0 aliphatic carbocycles. The molecule has 2 aromatic rings. The number of anilines is 1. The van der Waals surface area contributed by atoms with Gasteiger partial charge in [0.2, 0.25) is 0 Å². The van der Waals surface area contributed by atoms with Gasteiger partial charge < -0.3 is 14.8 Å². The lowest BCUT2D eigenvalue weighted by atomic mass is 10.0. The van der Waals surface area contributed by atoms with E-state index in [1.54, 1.807) is 17.2 Å². The highest BCUT2D eigenvalue weighted by Gasteiger charge is 2.27. The second kappa shape index (κ2) is 6.71. The molecule has 3 rings (SSSR count). The molecule has 1 aliphatic rings. The van der Waals surface area contributed by atoms with E-state index in [0.29, 0.717) is 11.3 Å². The zero-order chi connectivity index (χ0) is 17.1. The molecule has 1 saturated heterocycles. The number of nitrogens with zero attached hydrogens (tertiary/aromatic N) is 5. The third kappa shape index (κ3) is 3.23. The number of aromatic nitrogens is 3. The number of rotatable bonds is 3. The minimum atomic E-state index is -0.0745. The Hall–Kier alpha value is -2.88. The van der Waals surface area contributed by atoms with Crippen molar-refractivity contribution in [1.29, 1.82) is 5.26 Å². The third-order valence-electron chi connectivity index (χ3n) is 4.42. The van der Waals surface area contributed by atoms with Crippen LogP contribution in [0.5, 0.6) is 0 Å². The van der Waals surface area contributed by atoms with Crippen LogP contribution in [0, 0.1) is 18.3 Å². The van der Waals surface area contributed by atoms with Gasteiger partial charge in [-0.3, -0.25) is 4.79 Å². The van der Waals surface area contributed by atoms with Crippen LogP contribution in [-0.4, -0.2) is 52.2 Å². The van der Waals surface area contributed by atoms with Crippen LogP contribution in [-0.2, 0) is 0 Å². The summed E-state index contributed by atoms with van der Waals surface area (Å²) in [5.41, 5.74) is 1.80. The van der Waals surface area contributed by atoms with Crippen molar-refractivity contribution < 1.29 is 4.79 Å². The number of aromatic amines is 1. The van der Waals surface area contributed by atoms with Gasteiger partial charge in [0.25, 0.3) is 5.91 Å². The largest absolute Gasteiger partial charge is 0.353 e. The van der Waals surface area contributed by atoms with Crippen molar-refractivity contribution in [3.63, 3.8) is 0 Å². The van der Waals surface area contributed by atoms with Crippen LogP contribution in [0.1, 0.15) is 34.6 Å². The standard InChI is InChI=1S/C17H20N6O/c1-12-5-6-16(21-20-12)23-7-3-4-15(11-23)22(2)17(24)13-8-14(9-18)19-10-13/h5-6,8,10,15,19H,3-4,7,11H2,1-2H3. The number of piperidine rings is 1. The first kappa shape index (κ1) is 16.0. The summed E-state index contributed by atoms with van der Waals surface area (Å²) < 4.78 is 0. The van der Waals surface area contributed by atoms with Crippen LogP contribution >= 0.6 is 0 Å². The Labute approximate surface area is 140 Å². The normalized spacial score (nSPS) is 17.4. The Kier molecular flexibility index (Phi) is 4.47. The molecule has 0 radical (unpaired) electrons. The number of hydrogen-bond acceptors (Lipinski definition) is 5. The maximum Gasteiger partial charge on any atom is 0.255 e. The van der Waals surface area contributed by atoms with Gasteiger partial charge in [-0.25, -0.2) is 0 Å². The number of likely N-dealkylation sites (N-methyl/N-ethyl adjacent to an activating group) is 1. The number of amides is 1. The number of nitriles is 1. The minimum absolute atomic E-state index is 0.0745. The molecule has 124 valence electrons. The summed E-state index contributed by atoms with van der Waals surface area (Å²) in [4.78, 5) is 19.3. The van der Waals surface area contributed by atoms with E-state index in [9.17, 15) is 4.79 Å². The molecule has 0 bridgehead atoms. The van der Waals surface area contributed by atoms with Gasteiger partial charge in [0.15, 0.2) is 5.82 Å². The lowest BCUT2D eigenvalue weighted by Gasteiger charge is -2.38. The predicted octanol–water partition coefficient (Wildman–Crippen LogP) is 1.73. The molecule has 1 unspecified atom stereocenters. The smallest absolute Gasteiger partial charge is 0.255 e. The molecule has 0 saturated carbocycles. The fraction of sp³-hybridized carbons (Fsp3) is 0.412. The van der Waals surface area contributed by atoms with Crippen molar-refractivity contribution in [3.8, 4) is 6.07 Å². The third-order valence-corrected chi connectivity index (χ3v) is 4.42. The Morgan fingerprint density at radius 2 is 2.29 bits per heavy atom. The molecule has 24 heavy (non-hydrogen) atoms. The van der Waals surface area contributed by atoms with Crippen molar-refractivity contribution in [2.24, 2.45) is 0 Å². The van der Waals surface area contributed by atoms with E-state index < -0.39 is 0 Å². The molecule has 1 amide bonds. The Bertz CT molecular complexity index is 760. The van der Waals surface area contributed by atoms with Crippen LogP contribution in [0.25, 0.3) is 0 Å². The zero-order valence-corrected chi connectivity index (χ0v) is 13.9. The van der Waals surface area contributed by atoms with E-state index in [0.717, 1.165) is 37.4 Å². The van der Waals surface area contributed by atoms with E-state index in [-0.39, 0.29) is 11.9 Å². The number of carbonyl (C=O) groups excluding carboxylic acids is 1. The fourth-order valence-corrected chi connectivity index (χ4v) is 2.99. The van der Waals surface area contributed by atoms with Crippen molar-refractivity contribution in [2.45, 2.75) is 25.8 Å². The molecule has 2 aromatic heterocycles. The van der Waals surface area contributed by atoms with Gasteiger partial charge in [0.1, 0.15) is 11.8 Å². The lowest BCUT2D eigenvalue weighted by molar-refractivity contribution is 0.0717. The number of nitrogens with one attached hydrogen (secondary N) is 1. The van der Waals surface area contributed by atoms with Gasteiger partial charge in [-0.05, 0) is 38.0 Å². The number of carbonyl (C=O) groups is 1. The Morgan fingerprint density at radius 3 is 2.96 bits per heavy atom. The SMILES string of the molecule is Cc1ccc(N2CCCC(N(C)C(=O)c3c[nH]c(C#N)c3)C2)nn1. The molecule has 3 heterocycles. The molecule has 0 spiro atoms. The second-order valence-electron chi connectivity index (χ2n) is 6.10. The van der Waals surface area contributed by atoms with Gasteiger partial charge in [-0.2, -0.15) is 10.4 Å². The van der Waals surface area contributed by atoms with Crippen LogP contribution < -0.4 is 4.90 Å². The van der Waals surface area contributed by atoms with Crippen LogP contribution in [0.15, 0.2) is 24.4 Å². The first-order valence-corrected chi connectivity index (χ1v) is 7.99. The van der Waals surface area contributed by atoms with Gasteiger partial charge >= 0.3 is 0 Å². The van der Waals surface area contributed by atoms with Crippen molar-refractivity contribution in [2.75, 3.05) is 25.0 Å². The summed E-state index contributed by atoms with van der Waals surface area (Å²) in [6.07, 6.45) is 3.53. The number of hydrogen-bond donors (Lipinski definition) is 1. The van der Waals surface area contributed by atoms with Crippen molar-refractivity contribution in [3.05, 3.63) is 41.3 Å². The molecule has 0 aromatic carbocycles. The maximum absolute atomic E-state index is 12.6. The van der Waals surface area contributed by atoms with Gasteiger partial charge in [0, 0.05) is 32.4 Å². The molecule has 1 atom stereocenters. The molecule has 1 aliphatic heterocycles. The summed E-state index contributed by atoms with van der Waals surface area (Å²) in [5, 5.41) is 17.2. The summed E-state index contributed by atoms with van der Waals surface area (Å²) in [6.45, 7) is 3.56. The number of H-pyrrole nitrogens is 1. The van der Waals surface area contributed by atoms with Gasteiger partial charge in [0.05, 0.1) is 11.3 Å². The van der Waals surface area contributed by atoms with Crippen molar-refractivity contribution in [1.82, 2.24) is 20.1 Å². The van der Waals surface area contributed by atoms with E-state index >= 15 is 0 Å². The van der Waals surface area contributed by atoms with Crippen LogP contribution in [0.2, 0.25) is 0 Å². The summed E-state index contributed by atoms with van der Waals surface area (Å²) in [7, 11) is 1.82. The first-order valence-electron chi connectivity index (χ1n) is 7.99. The summed E-state index contributed by atoms with van der Waals surface area (Å²) in [5.74, 6) is 0.772. The minimum Gasteiger partial charge on any atom is -0.353 e. The van der Waals surface area contributed by atoms with E-state index in [1.165, 1.54) is 0 Å². The van der Waals surface area contributed by atoms with E-state index in [4.69, 9.17) is 5.26 Å². The Morgan fingerprint density at radius 1 is 1.46 bits per heavy atom. The average molecular weight is 324 g/mol. The van der Waals surface area contributed by atoms with Crippen molar-refractivity contribution >= 4 is 11.7 Å². The molecule has 7 nitrogen and oxygen atoms in total. The highest BCUT2D eigenvalue weighted by Crippen LogP contribution is 2.21. The quantitative estimate of drug-likeness (QED) is 0.928. The molecular formula is C17H20N6O. The zero-order valence-electron chi connectivity index (χ0n) is 13.9. The predicted molar refractivity (Wildman–Crippen MR) is 89.6 cm³/mol. The molecule has 1 fully saturated rings. The van der Waals surface area contributed by atoms with Crippen LogP contribution in [0.4, 0.5) is 5.82 Å². The van der Waals surface area contributed by atoms with Gasteiger partial charge in [-0.1, -0.05) is 0 Å². The monoisotopic (exact) mass is 324 g/mol. The van der Waals surface area contributed by atoms with E-state index in [2.05, 4.69) is 20.1 Å². The number of aryl methyl sites for hydroxylation is 1. The van der Waals surface area contributed by atoms with Gasteiger partial charge in [-0.15, -0.1) is 5.10 Å².